The highest BCUT2D eigenvalue weighted by atomic mass is 32.2. The zero-order chi connectivity index (χ0) is 8.20. The van der Waals surface area contributed by atoms with Gasteiger partial charge in [0.1, 0.15) is 0 Å². The van der Waals surface area contributed by atoms with Crippen molar-refractivity contribution in [3.05, 3.63) is 0 Å². The topological polar surface area (TPSA) is 57.6 Å². The van der Waals surface area contributed by atoms with Crippen LogP contribution in [0.15, 0.2) is 0 Å². The number of hydrogen-bond donors (Lipinski definition) is 1. The van der Waals surface area contributed by atoms with Gasteiger partial charge in [0.05, 0.1) is 0 Å². The van der Waals surface area contributed by atoms with Gasteiger partial charge in [-0.15, -0.1) is 0 Å². The first kappa shape index (κ1) is 9.87. The third kappa shape index (κ3) is 3.81. The van der Waals surface area contributed by atoms with Gasteiger partial charge in [0, 0.05) is 13.6 Å². The summed E-state index contributed by atoms with van der Waals surface area (Å²) >= 11 is 0. The van der Waals surface area contributed by atoms with Gasteiger partial charge in [0.2, 0.25) is 0 Å². The maximum Gasteiger partial charge on any atom is 0.335 e. The molecule has 0 rings (SSSR count). The van der Waals surface area contributed by atoms with Gasteiger partial charge in [0.25, 0.3) is 0 Å². The van der Waals surface area contributed by atoms with Gasteiger partial charge in [-0.25, -0.2) is 0 Å². The fourth-order valence-electron chi connectivity index (χ4n) is 0.496. The van der Waals surface area contributed by atoms with Crippen LogP contribution in [0.2, 0.25) is 0 Å². The van der Waals surface area contributed by atoms with E-state index in [1.54, 1.807) is 0 Å². The molecule has 4 nitrogen and oxygen atoms in total. The largest absolute Gasteiger partial charge is 0.335 e. The Morgan fingerprint density at radius 1 is 1.50 bits per heavy atom. The Kier molecular flexibility index (Phi) is 3.85. The molecule has 0 aliphatic heterocycles. The Labute approximate surface area is 61.7 Å². The third-order valence-corrected chi connectivity index (χ3v) is 2.19. The molecule has 5 heteroatoms. The minimum absolute atomic E-state index is 0.384. The molecule has 0 aliphatic rings. The summed E-state index contributed by atoms with van der Waals surface area (Å²) in [4.78, 5) is 0. The summed E-state index contributed by atoms with van der Waals surface area (Å²) < 4.78 is 30.0. The molecule has 0 fully saturated rings. The standard InChI is InChI=1S/C5H13NO3S/c1-3-4-5-6(2)10(7,8)9/h3-5H2,1-2H3,(H,7,8,9). The molecule has 0 atom stereocenters. The quantitative estimate of drug-likeness (QED) is 0.621. The van der Waals surface area contributed by atoms with Crippen molar-refractivity contribution in [2.45, 2.75) is 19.8 Å². The minimum atomic E-state index is -3.94. The summed E-state index contributed by atoms with van der Waals surface area (Å²) in [5.74, 6) is 0. The molecule has 0 spiro atoms. The molecule has 62 valence electrons. The van der Waals surface area contributed by atoms with Gasteiger partial charge in [-0.05, 0) is 6.42 Å². The first-order chi connectivity index (χ1) is 4.48. The van der Waals surface area contributed by atoms with Crippen LogP contribution in [0.1, 0.15) is 19.8 Å². The third-order valence-electron chi connectivity index (χ3n) is 1.22. The van der Waals surface area contributed by atoms with Crippen LogP contribution in [-0.4, -0.2) is 30.9 Å². The summed E-state index contributed by atoms with van der Waals surface area (Å²) in [6, 6.07) is 0. The summed E-state index contributed by atoms with van der Waals surface area (Å²) in [6.45, 7) is 2.34. The Hall–Kier alpha value is -0.130. The van der Waals surface area contributed by atoms with Gasteiger partial charge in [-0.3, -0.25) is 4.55 Å². The highest BCUT2D eigenvalue weighted by Gasteiger charge is 2.10. The molecule has 0 aromatic heterocycles. The van der Waals surface area contributed by atoms with Crippen molar-refractivity contribution in [2.75, 3.05) is 13.6 Å². The van der Waals surface area contributed by atoms with E-state index in [2.05, 4.69) is 0 Å². The van der Waals surface area contributed by atoms with Crippen molar-refractivity contribution >= 4 is 10.3 Å². The van der Waals surface area contributed by atoms with Crippen molar-refractivity contribution in [3.8, 4) is 0 Å². The zero-order valence-corrected chi connectivity index (χ0v) is 7.06. The Morgan fingerprint density at radius 3 is 2.30 bits per heavy atom. The van der Waals surface area contributed by atoms with Crippen LogP contribution in [0.25, 0.3) is 0 Å². The van der Waals surface area contributed by atoms with E-state index < -0.39 is 10.3 Å². The lowest BCUT2D eigenvalue weighted by molar-refractivity contribution is 0.382. The van der Waals surface area contributed by atoms with Crippen LogP contribution in [-0.2, 0) is 10.3 Å². The van der Waals surface area contributed by atoms with Crippen molar-refractivity contribution < 1.29 is 13.0 Å². The SMILES string of the molecule is CCCCN(C)S(=O)(=O)O. The highest BCUT2D eigenvalue weighted by Crippen LogP contribution is 1.95. The molecule has 0 unspecified atom stereocenters. The van der Waals surface area contributed by atoms with E-state index in [4.69, 9.17) is 4.55 Å². The lowest BCUT2D eigenvalue weighted by Gasteiger charge is -2.10. The number of unbranched alkanes of at least 4 members (excludes halogenated alkanes) is 1. The lowest BCUT2D eigenvalue weighted by atomic mass is 10.3. The predicted octanol–water partition coefficient (Wildman–Crippen LogP) is 0.521. The monoisotopic (exact) mass is 167 g/mol. The number of nitrogens with zero attached hydrogens (tertiary/aromatic N) is 1. The zero-order valence-electron chi connectivity index (χ0n) is 6.24. The molecule has 0 radical (unpaired) electrons. The van der Waals surface area contributed by atoms with Crippen molar-refractivity contribution in [1.29, 1.82) is 0 Å². The van der Waals surface area contributed by atoms with E-state index in [0.717, 1.165) is 17.1 Å². The van der Waals surface area contributed by atoms with Crippen molar-refractivity contribution in [2.24, 2.45) is 0 Å². The van der Waals surface area contributed by atoms with Gasteiger partial charge in [0.15, 0.2) is 0 Å². The molecular weight excluding hydrogens is 154 g/mol. The summed E-state index contributed by atoms with van der Waals surface area (Å²) in [5.41, 5.74) is 0. The maximum atomic E-state index is 10.3. The normalized spacial score (nSPS) is 12.4. The van der Waals surface area contributed by atoms with Crippen molar-refractivity contribution in [3.63, 3.8) is 0 Å². The van der Waals surface area contributed by atoms with Crippen LogP contribution < -0.4 is 0 Å². The molecule has 0 bridgehead atoms. The van der Waals surface area contributed by atoms with E-state index in [-0.39, 0.29) is 0 Å². The molecular formula is C5H13NO3S. The number of hydrogen-bond acceptors (Lipinski definition) is 2. The van der Waals surface area contributed by atoms with Crippen LogP contribution in [0, 0.1) is 0 Å². The van der Waals surface area contributed by atoms with Crippen LogP contribution in [0.4, 0.5) is 0 Å². The van der Waals surface area contributed by atoms with Crippen LogP contribution in [0.5, 0.6) is 0 Å². The second-order valence-corrected chi connectivity index (χ2v) is 3.67. The second kappa shape index (κ2) is 3.90. The predicted molar refractivity (Wildman–Crippen MR) is 39.1 cm³/mol. The Morgan fingerprint density at radius 2 is 2.00 bits per heavy atom. The summed E-state index contributed by atoms with van der Waals surface area (Å²) in [5, 5.41) is 0. The maximum absolute atomic E-state index is 10.3. The van der Waals surface area contributed by atoms with Gasteiger partial charge in [-0.2, -0.15) is 12.7 Å². The summed E-state index contributed by atoms with van der Waals surface area (Å²) in [6.07, 6.45) is 1.69. The minimum Gasteiger partial charge on any atom is -0.273 e. The molecule has 0 amide bonds. The van der Waals surface area contributed by atoms with Crippen LogP contribution in [0.3, 0.4) is 0 Å². The molecule has 1 N–H and O–H groups in total. The Balaban J connectivity index is 3.75. The average Bonchev–Trinajstić information content (AvgIpc) is 1.80. The van der Waals surface area contributed by atoms with Gasteiger partial charge >= 0.3 is 10.3 Å². The molecule has 0 aromatic carbocycles. The fourth-order valence-corrected chi connectivity index (χ4v) is 0.856. The molecule has 0 heterocycles. The smallest absolute Gasteiger partial charge is 0.273 e. The van der Waals surface area contributed by atoms with Crippen LogP contribution >= 0.6 is 0 Å². The van der Waals surface area contributed by atoms with E-state index in [0.29, 0.717) is 6.54 Å². The van der Waals surface area contributed by atoms with E-state index in [1.165, 1.54) is 7.05 Å². The van der Waals surface area contributed by atoms with E-state index >= 15 is 0 Å². The van der Waals surface area contributed by atoms with Gasteiger partial charge in [-0.1, -0.05) is 13.3 Å². The molecule has 0 saturated heterocycles. The van der Waals surface area contributed by atoms with Crippen molar-refractivity contribution in [1.82, 2.24) is 4.31 Å². The van der Waals surface area contributed by atoms with E-state index in [9.17, 15) is 8.42 Å². The second-order valence-electron chi connectivity index (χ2n) is 2.15. The van der Waals surface area contributed by atoms with E-state index in [1.807, 2.05) is 6.92 Å². The Bertz CT molecular complexity index is 175. The first-order valence-corrected chi connectivity index (χ1v) is 4.57. The first-order valence-electron chi connectivity index (χ1n) is 3.17. The molecule has 0 saturated carbocycles. The molecule has 0 aliphatic carbocycles. The molecule has 0 aromatic rings. The molecule has 10 heavy (non-hydrogen) atoms. The van der Waals surface area contributed by atoms with Gasteiger partial charge < -0.3 is 0 Å². The highest BCUT2D eigenvalue weighted by molar-refractivity contribution is 7.83. The lowest BCUT2D eigenvalue weighted by Crippen LogP contribution is -2.26. The fraction of sp³-hybridized carbons (Fsp3) is 1.00. The summed E-state index contributed by atoms with van der Waals surface area (Å²) in [7, 11) is -2.59. The average molecular weight is 167 g/mol. The number of rotatable bonds is 4.